The SMILES string of the molecule is CC(C)NC(=O)C(C)NCc1ccc(S(C)(=O)=O)cc1. The summed E-state index contributed by atoms with van der Waals surface area (Å²) in [6.45, 7) is 6.13. The molecule has 0 heterocycles. The smallest absolute Gasteiger partial charge is 0.237 e. The van der Waals surface area contributed by atoms with Gasteiger partial charge in [0, 0.05) is 18.8 Å². The van der Waals surface area contributed by atoms with E-state index in [-0.39, 0.29) is 18.0 Å². The molecule has 5 nitrogen and oxygen atoms in total. The molecule has 2 N–H and O–H groups in total. The van der Waals surface area contributed by atoms with E-state index in [4.69, 9.17) is 0 Å². The summed E-state index contributed by atoms with van der Waals surface area (Å²) in [4.78, 5) is 12.0. The first-order valence-electron chi connectivity index (χ1n) is 6.53. The van der Waals surface area contributed by atoms with E-state index in [1.807, 2.05) is 13.8 Å². The molecule has 0 bridgehead atoms. The lowest BCUT2D eigenvalue weighted by molar-refractivity contribution is -0.123. The molecule has 1 aromatic carbocycles. The van der Waals surface area contributed by atoms with E-state index >= 15 is 0 Å². The van der Waals surface area contributed by atoms with Crippen molar-refractivity contribution in [2.45, 2.75) is 44.3 Å². The van der Waals surface area contributed by atoms with Gasteiger partial charge in [-0.3, -0.25) is 4.79 Å². The Labute approximate surface area is 120 Å². The van der Waals surface area contributed by atoms with Crippen molar-refractivity contribution in [3.8, 4) is 0 Å². The van der Waals surface area contributed by atoms with Gasteiger partial charge in [0.25, 0.3) is 0 Å². The second-order valence-electron chi connectivity index (χ2n) is 5.18. The highest BCUT2D eigenvalue weighted by Crippen LogP contribution is 2.10. The first kappa shape index (κ1) is 16.7. The molecule has 0 saturated heterocycles. The fourth-order valence-corrected chi connectivity index (χ4v) is 2.26. The van der Waals surface area contributed by atoms with Crippen LogP contribution in [-0.4, -0.2) is 32.7 Å². The molecule has 1 atom stereocenters. The zero-order valence-electron chi connectivity index (χ0n) is 12.3. The van der Waals surface area contributed by atoms with Crippen molar-refractivity contribution in [2.75, 3.05) is 6.26 Å². The summed E-state index contributed by atoms with van der Waals surface area (Å²) in [6, 6.07) is 6.45. The average Bonchev–Trinajstić information content (AvgIpc) is 2.34. The van der Waals surface area contributed by atoms with Crippen LogP contribution in [0.1, 0.15) is 26.3 Å². The van der Waals surface area contributed by atoms with Crippen LogP contribution in [0.3, 0.4) is 0 Å². The van der Waals surface area contributed by atoms with Crippen LogP contribution in [0, 0.1) is 0 Å². The highest BCUT2D eigenvalue weighted by molar-refractivity contribution is 7.90. The van der Waals surface area contributed by atoms with E-state index in [0.29, 0.717) is 11.4 Å². The molecule has 0 spiro atoms. The van der Waals surface area contributed by atoms with Gasteiger partial charge in [0.1, 0.15) is 0 Å². The fourth-order valence-electron chi connectivity index (χ4n) is 1.63. The molecular weight excluding hydrogens is 276 g/mol. The van der Waals surface area contributed by atoms with Crippen molar-refractivity contribution in [1.29, 1.82) is 0 Å². The Kier molecular flexibility index (Phi) is 5.71. The van der Waals surface area contributed by atoms with Gasteiger partial charge in [0.15, 0.2) is 9.84 Å². The highest BCUT2D eigenvalue weighted by atomic mass is 32.2. The second kappa shape index (κ2) is 6.85. The van der Waals surface area contributed by atoms with E-state index in [9.17, 15) is 13.2 Å². The molecular formula is C14H22N2O3S. The van der Waals surface area contributed by atoms with Crippen molar-refractivity contribution >= 4 is 15.7 Å². The Morgan fingerprint density at radius 1 is 1.15 bits per heavy atom. The Morgan fingerprint density at radius 3 is 2.15 bits per heavy atom. The Hall–Kier alpha value is -1.40. The van der Waals surface area contributed by atoms with E-state index in [2.05, 4.69) is 10.6 Å². The third-order valence-corrected chi connectivity index (χ3v) is 3.92. The number of hydrogen-bond donors (Lipinski definition) is 2. The topological polar surface area (TPSA) is 75.3 Å². The first-order valence-corrected chi connectivity index (χ1v) is 8.42. The summed E-state index contributed by atoms with van der Waals surface area (Å²) in [7, 11) is -3.16. The van der Waals surface area contributed by atoms with Gasteiger partial charge in [-0.1, -0.05) is 12.1 Å². The van der Waals surface area contributed by atoms with Gasteiger partial charge in [-0.15, -0.1) is 0 Å². The number of hydrogen-bond acceptors (Lipinski definition) is 4. The predicted molar refractivity (Wildman–Crippen MR) is 79.1 cm³/mol. The number of rotatable bonds is 6. The van der Waals surface area contributed by atoms with Crippen molar-refractivity contribution in [2.24, 2.45) is 0 Å². The van der Waals surface area contributed by atoms with Crippen molar-refractivity contribution < 1.29 is 13.2 Å². The Morgan fingerprint density at radius 2 is 1.70 bits per heavy atom. The van der Waals surface area contributed by atoms with E-state index < -0.39 is 9.84 Å². The van der Waals surface area contributed by atoms with E-state index in [0.717, 1.165) is 5.56 Å². The van der Waals surface area contributed by atoms with Gasteiger partial charge < -0.3 is 10.6 Å². The summed E-state index contributed by atoms with van der Waals surface area (Å²) >= 11 is 0. The summed E-state index contributed by atoms with van der Waals surface area (Å²) < 4.78 is 22.7. The minimum absolute atomic E-state index is 0.0484. The van der Waals surface area contributed by atoms with Crippen LogP contribution in [0.15, 0.2) is 29.2 Å². The highest BCUT2D eigenvalue weighted by Gasteiger charge is 2.13. The average molecular weight is 298 g/mol. The van der Waals surface area contributed by atoms with Crippen molar-refractivity contribution in [3.63, 3.8) is 0 Å². The first-order chi connectivity index (χ1) is 9.20. The standard InChI is InChI=1S/C14H22N2O3S/c1-10(2)16-14(17)11(3)15-9-12-5-7-13(8-6-12)20(4,18)19/h5-8,10-11,15H,9H2,1-4H3,(H,16,17). The molecule has 1 unspecified atom stereocenters. The summed E-state index contributed by atoms with van der Waals surface area (Å²) in [5, 5.41) is 5.93. The molecule has 0 aliphatic carbocycles. The van der Waals surface area contributed by atoms with Gasteiger partial charge in [0.05, 0.1) is 10.9 Å². The molecule has 0 radical (unpaired) electrons. The van der Waals surface area contributed by atoms with Crippen molar-refractivity contribution in [3.05, 3.63) is 29.8 Å². The van der Waals surface area contributed by atoms with Crippen LogP contribution < -0.4 is 10.6 Å². The molecule has 0 aromatic heterocycles. The monoisotopic (exact) mass is 298 g/mol. The third-order valence-electron chi connectivity index (χ3n) is 2.79. The Balaban J connectivity index is 2.56. The van der Waals surface area contributed by atoms with Gasteiger partial charge >= 0.3 is 0 Å². The number of carbonyl (C=O) groups is 1. The van der Waals surface area contributed by atoms with Crippen LogP contribution in [0.4, 0.5) is 0 Å². The lowest BCUT2D eigenvalue weighted by Crippen LogP contribution is -2.44. The summed E-state index contributed by atoms with van der Waals surface area (Å²) in [6.07, 6.45) is 1.18. The normalized spacial score (nSPS) is 13.2. The van der Waals surface area contributed by atoms with Gasteiger partial charge in [0.2, 0.25) is 5.91 Å². The Bertz CT molecular complexity index is 550. The van der Waals surface area contributed by atoms with Crippen LogP contribution in [0.25, 0.3) is 0 Å². The number of benzene rings is 1. The quantitative estimate of drug-likeness (QED) is 0.824. The minimum atomic E-state index is -3.16. The van der Waals surface area contributed by atoms with Crippen molar-refractivity contribution in [1.82, 2.24) is 10.6 Å². The number of amides is 1. The maximum absolute atomic E-state index is 11.7. The van der Waals surface area contributed by atoms with Crippen LogP contribution in [-0.2, 0) is 21.2 Å². The lowest BCUT2D eigenvalue weighted by atomic mass is 10.2. The molecule has 1 aromatic rings. The minimum Gasteiger partial charge on any atom is -0.353 e. The fraction of sp³-hybridized carbons (Fsp3) is 0.500. The molecule has 1 amide bonds. The summed E-state index contributed by atoms with van der Waals surface area (Å²) in [5.74, 6) is -0.0484. The van der Waals surface area contributed by atoms with Gasteiger partial charge in [-0.2, -0.15) is 0 Å². The zero-order valence-corrected chi connectivity index (χ0v) is 13.1. The molecule has 20 heavy (non-hydrogen) atoms. The van der Waals surface area contributed by atoms with Gasteiger partial charge in [-0.05, 0) is 38.5 Å². The molecule has 112 valence electrons. The maximum atomic E-state index is 11.7. The molecule has 0 fully saturated rings. The molecule has 1 rings (SSSR count). The maximum Gasteiger partial charge on any atom is 0.237 e. The molecule has 6 heteroatoms. The van der Waals surface area contributed by atoms with Crippen LogP contribution >= 0.6 is 0 Å². The molecule has 0 saturated carbocycles. The zero-order chi connectivity index (χ0) is 15.3. The van der Waals surface area contributed by atoms with E-state index in [1.165, 1.54) is 6.26 Å². The third kappa shape index (κ3) is 5.30. The summed E-state index contributed by atoms with van der Waals surface area (Å²) in [5.41, 5.74) is 0.932. The predicted octanol–water partition coefficient (Wildman–Crippen LogP) is 1.09. The van der Waals surface area contributed by atoms with E-state index in [1.54, 1.807) is 31.2 Å². The number of sulfone groups is 1. The largest absolute Gasteiger partial charge is 0.353 e. The number of carbonyl (C=O) groups excluding carboxylic acids is 1. The molecule has 0 aliphatic rings. The molecule has 0 aliphatic heterocycles. The van der Waals surface area contributed by atoms with Crippen LogP contribution in [0.2, 0.25) is 0 Å². The second-order valence-corrected chi connectivity index (χ2v) is 7.20. The number of nitrogens with one attached hydrogen (secondary N) is 2. The van der Waals surface area contributed by atoms with Gasteiger partial charge in [-0.25, -0.2) is 8.42 Å². The van der Waals surface area contributed by atoms with Crippen LogP contribution in [0.5, 0.6) is 0 Å². The lowest BCUT2D eigenvalue weighted by Gasteiger charge is -2.16.